The third-order valence-electron chi connectivity index (χ3n) is 2.67. The van der Waals surface area contributed by atoms with Crippen LogP contribution in [0.25, 0.3) is 0 Å². The molecule has 0 fully saturated rings. The highest BCUT2D eigenvalue weighted by Crippen LogP contribution is 2.19. The molecule has 1 aromatic carbocycles. The quantitative estimate of drug-likeness (QED) is 0.394. The minimum atomic E-state index is -3.42. The lowest BCUT2D eigenvalue weighted by atomic mass is 10.2. The predicted molar refractivity (Wildman–Crippen MR) is 81.4 cm³/mol. The van der Waals surface area contributed by atoms with Crippen LogP contribution in [0.2, 0.25) is 0 Å². The number of unbranched alkanes of at least 4 members (excludes halogenated alkanes) is 2. The van der Waals surface area contributed by atoms with E-state index in [4.69, 9.17) is 20.2 Å². The number of benzene rings is 1. The van der Waals surface area contributed by atoms with E-state index >= 15 is 0 Å². The molecule has 0 radical (unpaired) electrons. The zero-order chi connectivity index (χ0) is 15.7. The number of carbonyl (C=O) groups excluding carboxylic acids is 1. The first-order chi connectivity index (χ1) is 9.94. The second kappa shape index (κ2) is 8.89. The summed E-state index contributed by atoms with van der Waals surface area (Å²) in [5.41, 5.74) is 0.391. The van der Waals surface area contributed by atoms with Gasteiger partial charge in [-0.05, 0) is 38.3 Å². The van der Waals surface area contributed by atoms with E-state index < -0.39 is 15.0 Å². The van der Waals surface area contributed by atoms with Crippen molar-refractivity contribution in [3.05, 3.63) is 29.8 Å². The Kier molecular flexibility index (Phi) is 7.53. The van der Waals surface area contributed by atoms with Gasteiger partial charge in [0.15, 0.2) is 0 Å². The topological polar surface area (TPSA) is 69.7 Å². The molecule has 0 saturated carbocycles. The van der Waals surface area contributed by atoms with E-state index in [0.29, 0.717) is 43.8 Å². The van der Waals surface area contributed by atoms with Crippen molar-refractivity contribution in [3.63, 3.8) is 0 Å². The molecule has 1 rings (SSSR count). The van der Waals surface area contributed by atoms with Gasteiger partial charge in [0.05, 0.1) is 19.0 Å². The van der Waals surface area contributed by atoms with Crippen molar-refractivity contribution in [3.8, 4) is 5.75 Å². The lowest BCUT2D eigenvalue weighted by Gasteiger charge is -2.10. The van der Waals surface area contributed by atoms with E-state index in [1.807, 2.05) is 0 Å². The van der Waals surface area contributed by atoms with Gasteiger partial charge in [0, 0.05) is 10.7 Å². The van der Waals surface area contributed by atoms with Crippen molar-refractivity contribution in [2.45, 2.75) is 26.2 Å². The van der Waals surface area contributed by atoms with Crippen molar-refractivity contribution in [2.75, 3.05) is 19.0 Å². The number of carbonyl (C=O) groups is 1. The monoisotopic (exact) mass is 334 g/mol. The molecule has 0 saturated heterocycles. The first kappa shape index (κ1) is 17.8. The lowest BCUT2D eigenvalue weighted by Crippen LogP contribution is -2.08. The summed E-state index contributed by atoms with van der Waals surface area (Å²) in [6.45, 7) is 2.45. The van der Waals surface area contributed by atoms with Gasteiger partial charge in [0.25, 0.3) is 0 Å². The Morgan fingerprint density at radius 2 is 1.90 bits per heavy atom. The smallest absolute Gasteiger partial charge is 0.341 e. The maximum atomic E-state index is 11.7. The highest BCUT2D eigenvalue weighted by molar-refractivity contribution is 8.13. The second-order valence-corrected chi connectivity index (χ2v) is 7.27. The van der Waals surface area contributed by atoms with Gasteiger partial charge in [-0.2, -0.15) is 0 Å². The van der Waals surface area contributed by atoms with E-state index in [-0.39, 0.29) is 5.75 Å². The Labute approximate surface area is 129 Å². The molecule has 0 aliphatic rings. The van der Waals surface area contributed by atoms with Crippen LogP contribution < -0.4 is 4.74 Å². The van der Waals surface area contributed by atoms with Crippen molar-refractivity contribution >= 4 is 25.7 Å². The number of para-hydroxylation sites is 1. The molecule has 0 amide bonds. The van der Waals surface area contributed by atoms with Gasteiger partial charge >= 0.3 is 5.97 Å². The number of rotatable bonds is 9. The van der Waals surface area contributed by atoms with Crippen molar-refractivity contribution < 1.29 is 22.7 Å². The van der Waals surface area contributed by atoms with Gasteiger partial charge in [-0.25, -0.2) is 13.2 Å². The SMILES string of the molecule is CCOC(=O)c1ccccc1OCCCCCS(=O)(=O)Cl. The molecule has 0 heterocycles. The van der Waals surface area contributed by atoms with Gasteiger partial charge < -0.3 is 9.47 Å². The molecule has 0 bridgehead atoms. The zero-order valence-electron chi connectivity index (χ0n) is 11.9. The molecule has 0 atom stereocenters. The largest absolute Gasteiger partial charge is 0.493 e. The zero-order valence-corrected chi connectivity index (χ0v) is 13.5. The summed E-state index contributed by atoms with van der Waals surface area (Å²) < 4.78 is 32.0. The van der Waals surface area contributed by atoms with E-state index in [0.717, 1.165) is 0 Å². The van der Waals surface area contributed by atoms with Crippen LogP contribution in [0.4, 0.5) is 0 Å². The van der Waals surface area contributed by atoms with Crippen LogP contribution in [0.15, 0.2) is 24.3 Å². The Hall–Kier alpha value is -1.27. The Balaban J connectivity index is 2.40. The average molecular weight is 335 g/mol. The summed E-state index contributed by atoms with van der Waals surface area (Å²) in [7, 11) is 1.70. The summed E-state index contributed by atoms with van der Waals surface area (Å²) in [5.74, 6) is 0.0239. The Morgan fingerprint density at radius 3 is 2.57 bits per heavy atom. The second-order valence-electron chi connectivity index (χ2n) is 4.37. The van der Waals surface area contributed by atoms with Crippen molar-refractivity contribution in [2.24, 2.45) is 0 Å². The molecule has 0 unspecified atom stereocenters. The van der Waals surface area contributed by atoms with Gasteiger partial charge in [-0.1, -0.05) is 12.1 Å². The van der Waals surface area contributed by atoms with Crippen LogP contribution in [-0.2, 0) is 13.8 Å². The van der Waals surface area contributed by atoms with Gasteiger partial charge in [-0.15, -0.1) is 0 Å². The van der Waals surface area contributed by atoms with Crippen molar-refractivity contribution in [1.82, 2.24) is 0 Å². The fourth-order valence-electron chi connectivity index (χ4n) is 1.71. The first-order valence-electron chi connectivity index (χ1n) is 6.75. The molecule has 0 aromatic heterocycles. The molecule has 21 heavy (non-hydrogen) atoms. The van der Waals surface area contributed by atoms with Crippen LogP contribution in [0.5, 0.6) is 5.75 Å². The molecule has 0 aliphatic heterocycles. The summed E-state index contributed by atoms with van der Waals surface area (Å²) in [6.07, 6.45) is 1.87. The third kappa shape index (κ3) is 7.34. The van der Waals surface area contributed by atoms with Gasteiger partial charge in [-0.3, -0.25) is 0 Å². The van der Waals surface area contributed by atoms with E-state index in [9.17, 15) is 13.2 Å². The van der Waals surface area contributed by atoms with Crippen LogP contribution >= 0.6 is 10.7 Å². The molecule has 0 spiro atoms. The van der Waals surface area contributed by atoms with Crippen LogP contribution in [0.1, 0.15) is 36.5 Å². The number of hydrogen-bond acceptors (Lipinski definition) is 5. The molecule has 5 nitrogen and oxygen atoms in total. The molecule has 0 N–H and O–H groups in total. The molecule has 7 heteroatoms. The maximum absolute atomic E-state index is 11.7. The summed E-state index contributed by atoms with van der Waals surface area (Å²) in [5, 5.41) is 0. The maximum Gasteiger partial charge on any atom is 0.341 e. The average Bonchev–Trinajstić information content (AvgIpc) is 2.42. The molecule has 118 valence electrons. The van der Waals surface area contributed by atoms with Crippen LogP contribution in [-0.4, -0.2) is 33.4 Å². The molecular formula is C14H19ClO5S. The van der Waals surface area contributed by atoms with E-state index in [1.54, 1.807) is 31.2 Å². The number of halogens is 1. The molecule has 0 aliphatic carbocycles. The fourth-order valence-corrected chi connectivity index (χ4v) is 2.58. The summed E-state index contributed by atoms with van der Waals surface area (Å²) in [6, 6.07) is 6.87. The molecule has 1 aromatic rings. The Bertz CT molecular complexity index is 556. The van der Waals surface area contributed by atoms with Gasteiger partial charge in [0.2, 0.25) is 9.05 Å². The minimum absolute atomic E-state index is 0.0338. The normalized spacial score (nSPS) is 11.1. The molecular weight excluding hydrogens is 316 g/mol. The van der Waals surface area contributed by atoms with Gasteiger partial charge in [0.1, 0.15) is 11.3 Å². The van der Waals surface area contributed by atoms with Crippen LogP contribution in [0, 0.1) is 0 Å². The first-order valence-corrected chi connectivity index (χ1v) is 9.23. The minimum Gasteiger partial charge on any atom is -0.493 e. The summed E-state index contributed by atoms with van der Waals surface area (Å²) >= 11 is 0. The lowest BCUT2D eigenvalue weighted by molar-refractivity contribution is 0.0521. The number of ether oxygens (including phenoxy) is 2. The summed E-state index contributed by atoms with van der Waals surface area (Å²) in [4.78, 5) is 11.7. The van der Waals surface area contributed by atoms with E-state index in [1.165, 1.54) is 0 Å². The highest BCUT2D eigenvalue weighted by Gasteiger charge is 2.12. The number of hydrogen-bond donors (Lipinski definition) is 0. The highest BCUT2D eigenvalue weighted by atomic mass is 35.7. The third-order valence-corrected chi connectivity index (χ3v) is 3.91. The van der Waals surface area contributed by atoms with E-state index in [2.05, 4.69) is 0 Å². The van der Waals surface area contributed by atoms with Crippen LogP contribution in [0.3, 0.4) is 0 Å². The standard InChI is InChI=1S/C14H19ClO5S/c1-2-19-14(16)12-8-4-5-9-13(12)20-10-6-3-7-11-21(15,17)18/h4-5,8-9H,2-3,6-7,10-11H2,1H3. The predicted octanol–water partition coefficient (Wildman–Crippen LogP) is 2.98. The van der Waals surface area contributed by atoms with Crippen molar-refractivity contribution in [1.29, 1.82) is 0 Å². The Morgan fingerprint density at radius 1 is 1.19 bits per heavy atom. The fraction of sp³-hybridized carbons (Fsp3) is 0.500. The number of esters is 1.